The number of aliphatic imine (C=N–C) groups is 1. The number of hydrogen-bond donors (Lipinski definition) is 2. The minimum atomic E-state index is 0.0759. The van der Waals surface area contributed by atoms with Crippen molar-refractivity contribution in [2.45, 2.75) is 32.0 Å². The Morgan fingerprint density at radius 3 is 2.74 bits per heavy atom. The van der Waals surface area contributed by atoms with Gasteiger partial charge in [0, 0.05) is 19.7 Å². The monoisotopic (exact) mass is 271 g/mol. The summed E-state index contributed by atoms with van der Waals surface area (Å²) in [5, 5.41) is 6.55. The van der Waals surface area contributed by atoms with Crippen molar-refractivity contribution in [1.29, 1.82) is 0 Å². The van der Waals surface area contributed by atoms with E-state index in [4.69, 9.17) is 14.2 Å². The van der Waals surface area contributed by atoms with Gasteiger partial charge in [-0.1, -0.05) is 0 Å². The standard InChI is InChI=1S/C13H25N3O3/c1-2-14-13(15-8-11-4-3-5-18-11)16-9-12-10-17-6-7-19-12/h11-12H,2-10H2,1H3,(H2,14,15,16). The molecule has 0 radical (unpaired) electrons. The summed E-state index contributed by atoms with van der Waals surface area (Å²) < 4.78 is 16.5. The highest BCUT2D eigenvalue weighted by Crippen LogP contribution is 2.10. The third-order valence-electron chi connectivity index (χ3n) is 3.20. The molecule has 0 bridgehead atoms. The van der Waals surface area contributed by atoms with E-state index in [1.54, 1.807) is 0 Å². The molecule has 2 aliphatic rings. The predicted molar refractivity (Wildman–Crippen MR) is 73.5 cm³/mol. The molecule has 0 spiro atoms. The Balaban J connectivity index is 1.72. The summed E-state index contributed by atoms with van der Waals surface area (Å²) in [6.07, 6.45) is 2.68. The Kier molecular flexibility index (Phi) is 6.39. The Morgan fingerprint density at radius 1 is 1.16 bits per heavy atom. The summed E-state index contributed by atoms with van der Waals surface area (Å²) in [5.41, 5.74) is 0. The van der Waals surface area contributed by atoms with Gasteiger partial charge in [0.25, 0.3) is 0 Å². The van der Waals surface area contributed by atoms with Crippen LogP contribution in [0.3, 0.4) is 0 Å². The van der Waals surface area contributed by atoms with E-state index >= 15 is 0 Å². The third kappa shape index (κ3) is 5.34. The number of ether oxygens (including phenoxy) is 3. The number of guanidine groups is 1. The molecule has 2 fully saturated rings. The van der Waals surface area contributed by atoms with Gasteiger partial charge in [0.2, 0.25) is 0 Å². The van der Waals surface area contributed by atoms with E-state index in [9.17, 15) is 0 Å². The third-order valence-corrected chi connectivity index (χ3v) is 3.20. The van der Waals surface area contributed by atoms with E-state index < -0.39 is 0 Å². The molecule has 6 heteroatoms. The van der Waals surface area contributed by atoms with Crippen LogP contribution >= 0.6 is 0 Å². The highest BCUT2D eigenvalue weighted by atomic mass is 16.6. The molecule has 0 aromatic rings. The fraction of sp³-hybridized carbons (Fsp3) is 0.923. The van der Waals surface area contributed by atoms with Crippen molar-refractivity contribution in [2.75, 3.05) is 46.1 Å². The predicted octanol–water partition coefficient (Wildman–Crippen LogP) is 0.136. The normalized spacial score (nSPS) is 28.4. The van der Waals surface area contributed by atoms with Crippen molar-refractivity contribution < 1.29 is 14.2 Å². The molecule has 0 saturated carbocycles. The average molecular weight is 271 g/mol. The maximum absolute atomic E-state index is 5.59. The Bertz CT molecular complexity index is 274. The van der Waals surface area contributed by atoms with Gasteiger partial charge in [-0.25, -0.2) is 0 Å². The lowest BCUT2D eigenvalue weighted by molar-refractivity contribution is -0.0832. The van der Waals surface area contributed by atoms with Crippen molar-refractivity contribution in [3.63, 3.8) is 0 Å². The molecule has 19 heavy (non-hydrogen) atoms. The molecule has 0 amide bonds. The molecule has 2 aliphatic heterocycles. The van der Waals surface area contributed by atoms with Crippen LogP contribution in [0.1, 0.15) is 19.8 Å². The van der Waals surface area contributed by atoms with E-state index in [2.05, 4.69) is 22.5 Å². The molecule has 2 N–H and O–H groups in total. The van der Waals surface area contributed by atoms with Crippen molar-refractivity contribution in [3.8, 4) is 0 Å². The molecule has 2 unspecified atom stereocenters. The van der Waals surface area contributed by atoms with E-state index in [0.717, 1.165) is 38.5 Å². The molecule has 2 rings (SSSR count). The number of nitrogens with zero attached hydrogens (tertiary/aromatic N) is 1. The molecule has 2 atom stereocenters. The largest absolute Gasteiger partial charge is 0.376 e. The summed E-state index contributed by atoms with van der Waals surface area (Å²) in [5.74, 6) is 0.826. The van der Waals surface area contributed by atoms with Gasteiger partial charge in [0.15, 0.2) is 5.96 Å². The van der Waals surface area contributed by atoms with E-state index in [-0.39, 0.29) is 6.10 Å². The zero-order valence-electron chi connectivity index (χ0n) is 11.7. The van der Waals surface area contributed by atoms with Gasteiger partial charge in [0.05, 0.1) is 32.5 Å². The molecular weight excluding hydrogens is 246 g/mol. The first-order chi connectivity index (χ1) is 9.38. The number of nitrogens with one attached hydrogen (secondary N) is 2. The zero-order chi connectivity index (χ0) is 13.3. The molecule has 6 nitrogen and oxygen atoms in total. The average Bonchev–Trinajstić information content (AvgIpc) is 2.96. The first-order valence-corrected chi connectivity index (χ1v) is 7.21. The zero-order valence-corrected chi connectivity index (χ0v) is 11.7. The van der Waals surface area contributed by atoms with E-state index in [1.165, 1.54) is 0 Å². The lowest BCUT2D eigenvalue weighted by atomic mass is 10.2. The maximum Gasteiger partial charge on any atom is 0.191 e. The lowest BCUT2D eigenvalue weighted by Crippen LogP contribution is -2.42. The highest BCUT2D eigenvalue weighted by molar-refractivity contribution is 5.79. The Hall–Kier alpha value is -0.850. The van der Waals surface area contributed by atoms with Crippen molar-refractivity contribution in [3.05, 3.63) is 0 Å². The van der Waals surface area contributed by atoms with Gasteiger partial charge in [-0.3, -0.25) is 4.99 Å². The van der Waals surface area contributed by atoms with Gasteiger partial charge in [-0.15, -0.1) is 0 Å². The van der Waals surface area contributed by atoms with Gasteiger partial charge in [0.1, 0.15) is 6.10 Å². The van der Waals surface area contributed by atoms with Crippen LogP contribution in [0.2, 0.25) is 0 Å². The molecule has 0 aliphatic carbocycles. The smallest absolute Gasteiger partial charge is 0.191 e. The van der Waals surface area contributed by atoms with Crippen molar-refractivity contribution in [1.82, 2.24) is 10.6 Å². The Morgan fingerprint density at radius 2 is 2.05 bits per heavy atom. The van der Waals surface area contributed by atoms with Crippen LogP contribution < -0.4 is 10.6 Å². The Labute approximate surface area is 114 Å². The number of rotatable bonds is 5. The summed E-state index contributed by atoms with van der Waals surface area (Å²) in [7, 11) is 0. The van der Waals surface area contributed by atoms with Crippen LogP contribution in [-0.4, -0.2) is 64.2 Å². The topological polar surface area (TPSA) is 64.1 Å². The highest BCUT2D eigenvalue weighted by Gasteiger charge is 2.16. The van der Waals surface area contributed by atoms with Crippen LogP contribution in [0, 0.1) is 0 Å². The summed E-state index contributed by atoms with van der Waals surface area (Å²) in [6, 6.07) is 0. The maximum atomic E-state index is 5.59. The van der Waals surface area contributed by atoms with E-state index in [1.807, 2.05) is 0 Å². The summed E-state index contributed by atoms with van der Waals surface area (Å²) >= 11 is 0. The molecule has 2 saturated heterocycles. The van der Waals surface area contributed by atoms with Crippen LogP contribution in [0.4, 0.5) is 0 Å². The fourth-order valence-electron chi connectivity index (χ4n) is 2.19. The molecule has 110 valence electrons. The quantitative estimate of drug-likeness (QED) is 0.550. The molecule has 2 heterocycles. The first-order valence-electron chi connectivity index (χ1n) is 7.21. The molecular formula is C13H25N3O3. The minimum Gasteiger partial charge on any atom is -0.376 e. The van der Waals surface area contributed by atoms with Crippen molar-refractivity contribution >= 4 is 5.96 Å². The van der Waals surface area contributed by atoms with Gasteiger partial charge < -0.3 is 24.8 Å². The molecule has 0 aromatic heterocycles. The van der Waals surface area contributed by atoms with Crippen LogP contribution in [0.15, 0.2) is 4.99 Å². The minimum absolute atomic E-state index is 0.0759. The van der Waals surface area contributed by atoms with Crippen LogP contribution in [0.5, 0.6) is 0 Å². The van der Waals surface area contributed by atoms with E-state index in [0.29, 0.717) is 32.5 Å². The summed E-state index contributed by atoms with van der Waals surface area (Å²) in [4.78, 5) is 4.53. The van der Waals surface area contributed by atoms with Crippen LogP contribution in [0.25, 0.3) is 0 Å². The second kappa shape index (κ2) is 8.35. The SMILES string of the molecule is CCNC(=NCC1COCCO1)NCC1CCCO1. The van der Waals surface area contributed by atoms with Crippen LogP contribution in [-0.2, 0) is 14.2 Å². The lowest BCUT2D eigenvalue weighted by Gasteiger charge is -2.22. The van der Waals surface area contributed by atoms with Gasteiger partial charge >= 0.3 is 0 Å². The van der Waals surface area contributed by atoms with Gasteiger partial charge in [-0.05, 0) is 19.8 Å². The van der Waals surface area contributed by atoms with Gasteiger partial charge in [-0.2, -0.15) is 0 Å². The summed E-state index contributed by atoms with van der Waals surface area (Å²) in [6.45, 7) is 7.22. The fourth-order valence-corrected chi connectivity index (χ4v) is 2.19. The molecule has 0 aromatic carbocycles. The second-order valence-electron chi connectivity index (χ2n) is 4.80. The first kappa shape index (κ1) is 14.6. The van der Waals surface area contributed by atoms with Crippen molar-refractivity contribution in [2.24, 2.45) is 4.99 Å². The number of hydrogen-bond acceptors (Lipinski definition) is 4. The second-order valence-corrected chi connectivity index (χ2v) is 4.80.